The van der Waals surface area contributed by atoms with Gasteiger partial charge in [0.1, 0.15) is 11.4 Å². The molecule has 0 amide bonds. The molecule has 0 spiro atoms. The summed E-state index contributed by atoms with van der Waals surface area (Å²) in [6, 6.07) is 8.61. The Balaban J connectivity index is 2.14. The summed E-state index contributed by atoms with van der Waals surface area (Å²) in [6.45, 7) is 1.90. The van der Waals surface area contributed by atoms with Crippen LogP contribution in [0.3, 0.4) is 0 Å². The van der Waals surface area contributed by atoms with Gasteiger partial charge >= 0.3 is 0 Å². The van der Waals surface area contributed by atoms with Crippen LogP contribution >= 0.6 is 0 Å². The van der Waals surface area contributed by atoms with Crippen molar-refractivity contribution in [2.45, 2.75) is 25.4 Å². The molecule has 1 aliphatic carbocycles. The Labute approximate surface area is 105 Å². The first-order chi connectivity index (χ1) is 8.61. The van der Waals surface area contributed by atoms with Crippen LogP contribution in [0, 0.1) is 12.7 Å². The van der Waals surface area contributed by atoms with E-state index in [-0.39, 0.29) is 5.82 Å². The lowest BCUT2D eigenvalue weighted by Crippen LogP contribution is -2.24. The number of aryl methyl sites for hydroxylation is 1. The molecule has 1 atom stereocenters. The van der Waals surface area contributed by atoms with Crippen molar-refractivity contribution in [1.29, 1.82) is 0 Å². The van der Waals surface area contributed by atoms with Gasteiger partial charge in [0.25, 0.3) is 0 Å². The number of halogens is 1. The van der Waals surface area contributed by atoms with Crippen molar-refractivity contribution >= 4 is 0 Å². The molecule has 0 fully saturated rings. The zero-order chi connectivity index (χ0) is 12.8. The third kappa shape index (κ3) is 1.55. The van der Waals surface area contributed by atoms with Crippen LogP contribution in [0.25, 0.3) is 0 Å². The third-order valence-corrected chi connectivity index (χ3v) is 3.69. The first-order valence-electron chi connectivity index (χ1n) is 6.04. The van der Waals surface area contributed by atoms with E-state index in [0.29, 0.717) is 24.0 Å². The molecule has 1 heterocycles. The molecule has 18 heavy (non-hydrogen) atoms. The SMILES string of the molecule is Cc1ccc(C2(O)CCc3c(F)cccc32)cn1. The van der Waals surface area contributed by atoms with Gasteiger partial charge in [-0.3, -0.25) is 4.98 Å². The predicted octanol–water partition coefficient (Wildman–Crippen LogP) is 2.71. The van der Waals surface area contributed by atoms with Crippen molar-refractivity contribution in [2.24, 2.45) is 0 Å². The second-order valence-electron chi connectivity index (χ2n) is 4.81. The fraction of sp³-hybridized carbons (Fsp3) is 0.267. The number of hydrogen-bond acceptors (Lipinski definition) is 2. The largest absolute Gasteiger partial charge is 0.380 e. The van der Waals surface area contributed by atoms with E-state index in [0.717, 1.165) is 11.3 Å². The number of nitrogens with zero attached hydrogens (tertiary/aromatic N) is 1. The Morgan fingerprint density at radius 1 is 1.28 bits per heavy atom. The summed E-state index contributed by atoms with van der Waals surface area (Å²) in [4.78, 5) is 4.21. The molecule has 92 valence electrons. The number of hydrogen-bond donors (Lipinski definition) is 1. The average Bonchev–Trinajstić information content (AvgIpc) is 2.71. The van der Waals surface area contributed by atoms with Gasteiger partial charge in [0.2, 0.25) is 0 Å². The third-order valence-electron chi connectivity index (χ3n) is 3.69. The first-order valence-corrected chi connectivity index (χ1v) is 6.04. The lowest BCUT2D eigenvalue weighted by Gasteiger charge is -2.24. The van der Waals surface area contributed by atoms with Crippen LogP contribution in [0.1, 0.15) is 28.8 Å². The maximum Gasteiger partial charge on any atom is 0.126 e. The van der Waals surface area contributed by atoms with Gasteiger partial charge in [0.05, 0.1) is 0 Å². The van der Waals surface area contributed by atoms with Crippen LogP contribution in [0.2, 0.25) is 0 Å². The van der Waals surface area contributed by atoms with Crippen molar-refractivity contribution in [3.63, 3.8) is 0 Å². The van der Waals surface area contributed by atoms with E-state index in [1.165, 1.54) is 6.07 Å². The minimum atomic E-state index is -1.10. The zero-order valence-electron chi connectivity index (χ0n) is 10.2. The fourth-order valence-corrected chi connectivity index (χ4v) is 2.65. The Hall–Kier alpha value is -1.74. The number of fused-ring (bicyclic) bond motifs is 1. The number of benzene rings is 1. The summed E-state index contributed by atoms with van der Waals surface area (Å²) in [7, 11) is 0. The van der Waals surface area contributed by atoms with Gasteiger partial charge in [-0.1, -0.05) is 18.2 Å². The Bertz CT molecular complexity index is 594. The quantitative estimate of drug-likeness (QED) is 0.835. The molecule has 1 aromatic carbocycles. The second-order valence-corrected chi connectivity index (χ2v) is 4.81. The lowest BCUT2D eigenvalue weighted by molar-refractivity contribution is 0.0825. The van der Waals surface area contributed by atoms with Crippen molar-refractivity contribution in [2.75, 3.05) is 0 Å². The lowest BCUT2D eigenvalue weighted by atomic mass is 9.89. The molecule has 1 aromatic heterocycles. The van der Waals surface area contributed by atoms with E-state index in [4.69, 9.17) is 0 Å². The van der Waals surface area contributed by atoms with Gasteiger partial charge in [-0.2, -0.15) is 0 Å². The topological polar surface area (TPSA) is 33.1 Å². The Kier molecular flexibility index (Phi) is 2.45. The van der Waals surface area contributed by atoms with Crippen molar-refractivity contribution in [3.8, 4) is 0 Å². The van der Waals surface area contributed by atoms with Crippen LogP contribution in [0.4, 0.5) is 4.39 Å². The van der Waals surface area contributed by atoms with E-state index in [9.17, 15) is 9.50 Å². The molecule has 3 heteroatoms. The van der Waals surface area contributed by atoms with Gasteiger partial charge in [-0.25, -0.2) is 4.39 Å². The van der Waals surface area contributed by atoms with Crippen LogP contribution in [-0.4, -0.2) is 10.1 Å². The van der Waals surface area contributed by atoms with E-state index in [1.807, 2.05) is 19.1 Å². The van der Waals surface area contributed by atoms with Gasteiger partial charge in [-0.15, -0.1) is 0 Å². The minimum Gasteiger partial charge on any atom is -0.380 e. The van der Waals surface area contributed by atoms with E-state index >= 15 is 0 Å². The van der Waals surface area contributed by atoms with Gasteiger partial charge < -0.3 is 5.11 Å². The minimum absolute atomic E-state index is 0.233. The van der Waals surface area contributed by atoms with E-state index < -0.39 is 5.60 Å². The Morgan fingerprint density at radius 3 is 2.83 bits per heavy atom. The van der Waals surface area contributed by atoms with Crippen LogP contribution in [0.5, 0.6) is 0 Å². The highest BCUT2D eigenvalue weighted by atomic mass is 19.1. The van der Waals surface area contributed by atoms with Crippen LogP contribution in [0.15, 0.2) is 36.5 Å². The fourth-order valence-electron chi connectivity index (χ4n) is 2.65. The highest BCUT2D eigenvalue weighted by molar-refractivity contribution is 5.45. The van der Waals surface area contributed by atoms with Gasteiger partial charge in [-0.05, 0) is 43.0 Å². The normalized spacial score (nSPS) is 21.9. The molecule has 0 radical (unpaired) electrons. The summed E-state index contributed by atoms with van der Waals surface area (Å²) in [5.41, 5.74) is 1.84. The molecule has 0 saturated carbocycles. The van der Waals surface area contributed by atoms with E-state index in [2.05, 4.69) is 4.98 Å². The van der Waals surface area contributed by atoms with Crippen molar-refractivity contribution in [1.82, 2.24) is 4.98 Å². The molecule has 0 saturated heterocycles. The standard InChI is InChI=1S/C15H14FNO/c1-10-5-6-11(9-17-10)15(18)8-7-12-13(15)3-2-4-14(12)16/h2-6,9,18H,7-8H2,1H3. The smallest absolute Gasteiger partial charge is 0.126 e. The van der Waals surface area contributed by atoms with Gasteiger partial charge in [0, 0.05) is 17.5 Å². The predicted molar refractivity (Wildman–Crippen MR) is 66.7 cm³/mol. The van der Waals surface area contributed by atoms with Crippen LogP contribution in [-0.2, 0) is 12.0 Å². The molecule has 1 N–H and O–H groups in total. The number of pyridine rings is 1. The molecule has 2 aromatic rings. The van der Waals surface area contributed by atoms with Gasteiger partial charge in [0.15, 0.2) is 0 Å². The summed E-state index contributed by atoms with van der Waals surface area (Å²) in [6.07, 6.45) is 2.75. The maximum atomic E-state index is 13.7. The molecule has 1 aliphatic rings. The highest BCUT2D eigenvalue weighted by Gasteiger charge is 2.39. The van der Waals surface area contributed by atoms with Crippen molar-refractivity contribution in [3.05, 3.63) is 64.7 Å². The summed E-state index contributed by atoms with van der Waals surface area (Å²) in [5.74, 6) is -0.233. The second kappa shape index (κ2) is 3.89. The molecule has 0 bridgehead atoms. The van der Waals surface area contributed by atoms with Crippen LogP contribution < -0.4 is 0 Å². The molecule has 1 unspecified atom stereocenters. The molecular formula is C15H14FNO. The molecular weight excluding hydrogens is 229 g/mol. The number of aliphatic hydroxyl groups is 1. The maximum absolute atomic E-state index is 13.7. The molecule has 3 rings (SSSR count). The first kappa shape index (κ1) is 11.4. The monoisotopic (exact) mass is 243 g/mol. The summed E-state index contributed by atoms with van der Waals surface area (Å²) >= 11 is 0. The molecule has 2 nitrogen and oxygen atoms in total. The zero-order valence-corrected chi connectivity index (χ0v) is 10.2. The highest BCUT2D eigenvalue weighted by Crippen LogP contribution is 2.42. The number of aromatic nitrogens is 1. The number of rotatable bonds is 1. The summed E-state index contributed by atoms with van der Waals surface area (Å²) < 4.78 is 13.7. The summed E-state index contributed by atoms with van der Waals surface area (Å²) in [5, 5.41) is 10.8. The van der Waals surface area contributed by atoms with E-state index in [1.54, 1.807) is 18.3 Å². The van der Waals surface area contributed by atoms with Crippen molar-refractivity contribution < 1.29 is 9.50 Å². The molecule has 0 aliphatic heterocycles. The average molecular weight is 243 g/mol. The Morgan fingerprint density at radius 2 is 2.11 bits per heavy atom.